The monoisotopic (exact) mass is 233 g/mol. The van der Waals surface area contributed by atoms with E-state index in [1.807, 2.05) is 0 Å². The van der Waals surface area contributed by atoms with Crippen LogP contribution >= 0.6 is 0 Å². The molecule has 0 unspecified atom stereocenters. The van der Waals surface area contributed by atoms with Crippen molar-refractivity contribution in [3.05, 3.63) is 52.3 Å². The lowest BCUT2D eigenvalue weighted by molar-refractivity contribution is -0.385. The summed E-state index contributed by atoms with van der Waals surface area (Å²) >= 11 is 0. The molecule has 88 valence electrons. The van der Waals surface area contributed by atoms with Crippen molar-refractivity contribution in [2.24, 2.45) is 0 Å². The van der Waals surface area contributed by atoms with Crippen molar-refractivity contribution in [1.29, 1.82) is 0 Å². The van der Waals surface area contributed by atoms with Crippen molar-refractivity contribution in [3.8, 4) is 5.75 Å². The van der Waals surface area contributed by atoms with E-state index in [9.17, 15) is 10.1 Å². The summed E-state index contributed by atoms with van der Waals surface area (Å²) in [4.78, 5) is 10.4. The molecule has 0 radical (unpaired) electrons. The number of nitrogens with zero attached hydrogens (tertiary/aromatic N) is 3. The molecule has 0 spiro atoms. The Morgan fingerprint density at radius 1 is 1.53 bits per heavy atom. The predicted octanol–water partition coefficient (Wildman–Crippen LogP) is 1.85. The van der Waals surface area contributed by atoms with Crippen LogP contribution in [0.25, 0.3) is 0 Å². The van der Waals surface area contributed by atoms with Crippen LogP contribution in [0, 0.1) is 10.1 Å². The van der Waals surface area contributed by atoms with Crippen LogP contribution in [0.5, 0.6) is 5.75 Å². The van der Waals surface area contributed by atoms with Crippen molar-refractivity contribution in [2.45, 2.75) is 6.54 Å². The summed E-state index contributed by atoms with van der Waals surface area (Å²) < 4.78 is 6.63. The van der Waals surface area contributed by atoms with E-state index in [-0.39, 0.29) is 11.4 Å². The number of hydrogen-bond donors (Lipinski definition) is 0. The third-order valence-corrected chi connectivity index (χ3v) is 2.34. The average molecular weight is 233 g/mol. The predicted molar refractivity (Wildman–Crippen MR) is 61.0 cm³/mol. The highest BCUT2D eigenvalue weighted by molar-refractivity contribution is 5.48. The number of nitro benzene ring substituents is 1. The highest BCUT2D eigenvalue weighted by Gasteiger charge is 2.15. The molecule has 1 aromatic heterocycles. The van der Waals surface area contributed by atoms with Crippen LogP contribution < -0.4 is 4.74 Å². The van der Waals surface area contributed by atoms with Gasteiger partial charge in [0, 0.05) is 18.5 Å². The number of benzene rings is 1. The van der Waals surface area contributed by atoms with Gasteiger partial charge in [-0.3, -0.25) is 14.8 Å². The van der Waals surface area contributed by atoms with E-state index in [1.165, 1.54) is 13.2 Å². The molecule has 2 aromatic rings. The number of aromatic nitrogens is 2. The van der Waals surface area contributed by atoms with Gasteiger partial charge in [0.2, 0.25) is 0 Å². The molecule has 0 amide bonds. The molecule has 0 aliphatic heterocycles. The SMILES string of the molecule is COc1ccc(Cn2cccn2)cc1[N+](=O)[O-]. The molecule has 1 aromatic carbocycles. The molecule has 0 aliphatic rings. The zero-order valence-electron chi connectivity index (χ0n) is 9.24. The first kappa shape index (κ1) is 11.1. The second-order valence-corrected chi connectivity index (χ2v) is 3.47. The van der Waals surface area contributed by atoms with E-state index in [4.69, 9.17) is 4.74 Å². The van der Waals surface area contributed by atoms with Gasteiger partial charge in [0.1, 0.15) is 0 Å². The lowest BCUT2D eigenvalue weighted by atomic mass is 10.2. The molecule has 2 rings (SSSR count). The maximum absolute atomic E-state index is 10.8. The van der Waals surface area contributed by atoms with Crippen molar-refractivity contribution >= 4 is 5.69 Å². The van der Waals surface area contributed by atoms with Gasteiger partial charge in [-0.15, -0.1) is 0 Å². The number of ether oxygens (including phenoxy) is 1. The van der Waals surface area contributed by atoms with Crippen LogP contribution in [0.1, 0.15) is 5.56 Å². The van der Waals surface area contributed by atoms with E-state index in [1.54, 1.807) is 35.3 Å². The van der Waals surface area contributed by atoms with E-state index in [2.05, 4.69) is 5.10 Å². The Labute approximate surface area is 97.6 Å². The van der Waals surface area contributed by atoms with Gasteiger partial charge in [0.25, 0.3) is 0 Å². The zero-order chi connectivity index (χ0) is 12.3. The van der Waals surface area contributed by atoms with Crippen LogP contribution in [0.3, 0.4) is 0 Å². The highest BCUT2D eigenvalue weighted by atomic mass is 16.6. The van der Waals surface area contributed by atoms with Crippen LogP contribution in [0.15, 0.2) is 36.7 Å². The molecule has 6 heteroatoms. The quantitative estimate of drug-likeness (QED) is 0.596. The maximum atomic E-state index is 10.8. The molecule has 1 heterocycles. The number of methoxy groups -OCH3 is 1. The summed E-state index contributed by atoms with van der Waals surface area (Å²) in [5, 5.41) is 14.9. The number of nitro groups is 1. The van der Waals surface area contributed by atoms with Crippen molar-refractivity contribution in [3.63, 3.8) is 0 Å². The largest absolute Gasteiger partial charge is 0.490 e. The highest BCUT2D eigenvalue weighted by Crippen LogP contribution is 2.27. The maximum Gasteiger partial charge on any atom is 0.311 e. The third-order valence-electron chi connectivity index (χ3n) is 2.34. The van der Waals surface area contributed by atoms with Crippen molar-refractivity contribution in [1.82, 2.24) is 9.78 Å². The Morgan fingerprint density at radius 3 is 2.94 bits per heavy atom. The van der Waals surface area contributed by atoms with Crippen LogP contribution in [-0.4, -0.2) is 21.8 Å². The van der Waals surface area contributed by atoms with Crippen LogP contribution in [0.4, 0.5) is 5.69 Å². The number of hydrogen-bond acceptors (Lipinski definition) is 4. The molecule has 0 bridgehead atoms. The molecule has 0 saturated heterocycles. The van der Waals surface area contributed by atoms with E-state index < -0.39 is 4.92 Å². The summed E-state index contributed by atoms with van der Waals surface area (Å²) in [5.41, 5.74) is 0.776. The summed E-state index contributed by atoms with van der Waals surface area (Å²) in [6.45, 7) is 0.498. The van der Waals surface area contributed by atoms with E-state index in [0.29, 0.717) is 6.54 Å². The van der Waals surface area contributed by atoms with Gasteiger partial charge in [-0.2, -0.15) is 5.10 Å². The summed E-state index contributed by atoms with van der Waals surface area (Å²) in [5.74, 6) is 0.263. The summed E-state index contributed by atoms with van der Waals surface area (Å²) in [7, 11) is 1.41. The van der Waals surface area contributed by atoms with Crippen molar-refractivity contribution in [2.75, 3.05) is 7.11 Å². The Bertz CT molecular complexity index is 523. The van der Waals surface area contributed by atoms with Gasteiger partial charge in [0.05, 0.1) is 18.6 Å². The molecule has 0 aliphatic carbocycles. The molecule has 17 heavy (non-hydrogen) atoms. The lowest BCUT2D eigenvalue weighted by Gasteiger charge is -2.05. The second kappa shape index (κ2) is 4.65. The van der Waals surface area contributed by atoms with Gasteiger partial charge >= 0.3 is 5.69 Å². The Morgan fingerprint density at radius 2 is 2.35 bits per heavy atom. The molecule has 0 N–H and O–H groups in total. The average Bonchev–Trinajstić information content (AvgIpc) is 2.81. The molecule has 0 fully saturated rings. The van der Waals surface area contributed by atoms with Gasteiger partial charge in [-0.05, 0) is 17.7 Å². The van der Waals surface area contributed by atoms with Gasteiger partial charge in [-0.1, -0.05) is 6.07 Å². The van der Waals surface area contributed by atoms with Crippen LogP contribution in [-0.2, 0) is 6.54 Å². The molecular weight excluding hydrogens is 222 g/mol. The van der Waals surface area contributed by atoms with Crippen molar-refractivity contribution < 1.29 is 9.66 Å². The molecule has 6 nitrogen and oxygen atoms in total. The minimum atomic E-state index is -0.453. The third kappa shape index (κ3) is 2.41. The standard InChI is InChI=1S/C11H11N3O3/c1-17-11-4-3-9(7-10(11)14(15)16)8-13-6-2-5-12-13/h2-7H,8H2,1H3. The molecule has 0 atom stereocenters. The lowest BCUT2D eigenvalue weighted by Crippen LogP contribution is -2.01. The van der Waals surface area contributed by atoms with Gasteiger partial charge in [-0.25, -0.2) is 0 Å². The fraction of sp³-hybridized carbons (Fsp3) is 0.182. The first-order valence-electron chi connectivity index (χ1n) is 4.99. The fourth-order valence-electron chi connectivity index (χ4n) is 1.56. The normalized spacial score (nSPS) is 10.2. The first-order chi connectivity index (χ1) is 8.20. The summed E-state index contributed by atoms with van der Waals surface area (Å²) in [6, 6.07) is 6.68. The topological polar surface area (TPSA) is 70.2 Å². The van der Waals surface area contributed by atoms with E-state index in [0.717, 1.165) is 5.56 Å². The Balaban J connectivity index is 2.30. The van der Waals surface area contributed by atoms with Crippen LogP contribution in [0.2, 0.25) is 0 Å². The molecular formula is C11H11N3O3. The van der Waals surface area contributed by atoms with E-state index >= 15 is 0 Å². The number of rotatable bonds is 4. The fourth-order valence-corrected chi connectivity index (χ4v) is 1.56. The first-order valence-corrected chi connectivity index (χ1v) is 4.99. The summed E-state index contributed by atoms with van der Waals surface area (Å²) in [6.07, 6.45) is 3.47. The van der Waals surface area contributed by atoms with Gasteiger partial charge < -0.3 is 4.74 Å². The Kier molecular flexibility index (Phi) is 3.04. The minimum absolute atomic E-state index is 0.0304. The second-order valence-electron chi connectivity index (χ2n) is 3.47. The minimum Gasteiger partial charge on any atom is -0.490 e. The smallest absolute Gasteiger partial charge is 0.311 e. The zero-order valence-corrected chi connectivity index (χ0v) is 9.24. The van der Waals surface area contributed by atoms with Gasteiger partial charge in [0.15, 0.2) is 5.75 Å². The molecule has 0 saturated carbocycles. The Hall–Kier alpha value is -2.37.